The molecule has 0 bridgehead atoms. The van der Waals surface area contributed by atoms with E-state index in [0.29, 0.717) is 38.8 Å². The number of ketones is 1. The largest absolute Gasteiger partial charge is 0.394 e. The first-order valence-electron chi connectivity index (χ1n) is 19.5. The SMILES string of the molecule is NC[C@@H]1O[C@H](O[C@H]2[C@@H](O)[C@H](O[C@@H]3[C@@H](O)[C@H](CC(=O)C4(O)CC4N)C[C@H](N)[C@H]3O[C@H]3O[C@H](CNCC4(O)CCNCC4)CC[C@H]3N)O[C@@H]2CO)[C@H](N)[C@@H](O)[C@@H]1O. The van der Waals surface area contributed by atoms with E-state index in [-0.39, 0.29) is 31.9 Å². The van der Waals surface area contributed by atoms with Crippen LogP contribution in [0.25, 0.3) is 0 Å². The average Bonchev–Trinajstić information content (AvgIpc) is 3.68. The Morgan fingerprint density at radius 3 is 2.11 bits per heavy atom. The van der Waals surface area contributed by atoms with Gasteiger partial charge in [-0.05, 0) is 51.1 Å². The van der Waals surface area contributed by atoms with E-state index >= 15 is 0 Å². The van der Waals surface area contributed by atoms with Gasteiger partial charge in [-0.1, -0.05) is 0 Å². The van der Waals surface area contributed by atoms with Crippen LogP contribution in [0.5, 0.6) is 0 Å². The normalized spacial score (nSPS) is 48.8. The van der Waals surface area contributed by atoms with Crippen LogP contribution in [-0.2, 0) is 33.2 Å². The quantitative estimate of drug-likeness (QED) is 0.0732. The van der Waals surface area contributed by atoms with Gasteiger partial charge in [0.1, 0.15) is 54.4 Å². The summed E-state index contributed by atoms with van der Waals surface area (Å²) in [6.07, 6.45) is -14.0. The Balaban J connectivity index is 1.16. The second kappa shape index (κ2) is 18.0. The van der Waals surface area contributed by atoms with Gasteiger partial charge in [-0.3, -0.25) is 4.79 Å². The molecule has 0 spiro atoms. The molecule has 6 fully saturated rings. The summed E-state index contributed by atoms with van der Waals surface area (Å²) in [6, 6.07) is -3.43. The molecule has 4 saturated heterocycles. The van der Waals surface area contributed by atoms with Gasteiger partial charge in [-0.25, -0.2) is 0 Å². The Labute approximate surface area is 319 Å². The molecular weight excluding hydrogens is 730 g/mol. The predicted molar refractivity (Wildman–Crippen MR) is 189 cm³/mol. The molecule has 21 nitrogen and oxygen atoms in total. The minimum Gasteiger partial charge on any atom is -0.394 e. The molecule has 2 aliphatic carbocycles. The highest BCUT2D eigenvalue weighted by Crippen LogP contribution is 2.41. The van der Waals surface area contributed by atoms with E-state index < -0.39 is 127 Å². The zero-order valence-electron chi connectivity index (χ0n) is 31.0. The highest BCUT2D eigenvalue weighted by Gasteiger charge is 2.59. The molecule has 318 valence electrons. The smallest absolute Gasteiger partial charge is 0.187 e. The molecular formula is C34H63N7O14. The number of carbonyl (C=O) groups is 1. The molecule has 4 heterocycles. The Morgan fingerprint density at radius 2 is 1.45 bits per heavy atom. The number of rotatable bonds is 15. The molecule has 0 aromatic heterocycles. The maximum atomic E-state index is 13.1. The molecule has 0 aromatic carbocycles. The molecule has 21 heteroatoms. The fourth-order valence-electron chi connectivity index (χ4n) is 8.44. The number of hydrogen-bond acceptors (Lipinski definition) is 21. The van der Waals surface area contributed by atoms with Gasteiger partial charge in [0, 0.05) is 44.6 Å². The van der Waals surface area contributed by atoms with E-state index in [1.54, 1.807) is 0 Å². The van der Waals surface area contributed by atoms with Gasteiger partial charge >= 0.3 is 0 Å². The summed E-state index contributed by atoms with van der Waals surface area (Å²) in [7, 11) is 0. The first kappa shape index (κ1) is 43.4. The van der Waals surface area contributed by atoms with Gasteiger partial charge in [0.05, 0.1) is 36.5 Å². The second-order valence-electron chi connectivity index (χ2n) is 16.3. The van der Waals surface area contributed by atoms with Gasteiger partial charge in [0.15, 0.2) is 24.7 Å². The molecule has 6 rings (SSSR count). The topological polar surface area (TPSA) is 368 Å². The monoisotopic (exact) mass is 793 g/mol. The minimum atomic E-state index is -1.69. The Kier molecular flexibility index (Phi) is 14.2. The third kappa shape index (κ3) is 9.52. The standard InChI is InChI=1S/C34H63N7O14/c35-10-18-24(45)25(46)22(39)31(51-18)54-28-19(12-42)52-32(26(28)47)55-29-23(44)14(8-21(43)34(49)9-20(34)38)7-17(37)27(29)53-30-16(36)2-1-15(50-30)11-41-13-33(48)3-5-40-6-4-33/h14-20,22-32,40-42,44-49H,1-13,35-39H2/t14-,15-,16+,17-,18-,19+,20?,22+,23-,24+,25+,26+,27+,28+,29+,30+,31+,32-,34?/m0/s1. The number of carbonyl (C=O) groups excluding carboxylic acids is 1. The minimum absolute atomic E-state index is 0.0790. The van der Waals surface area contributed by atoms with Gasteiger partial charge < -0.3 is 103 Å². The summed E-state index contributed by atoms with van der Waals surface area (Å²) in [5.74, 6) is -1.37. The van der Waals surface area contributed by atoms with Crippen molar-refractivity contribution in [2.45, 2.75) is 160 Å². The summed E-state index contributed by atoms with van der Waals surface area (Å²) in [5, 5.41) is 82.3. The average molecular weight is 794 g/mol. The molecule has 55 heavy (non-hydrogen) atoms. The van der Waals surface area contributed by atoms with Crippen molar-refractivity contribution in [2.24, 2.45) is 34.6 Å². The lowest BCUT2D eigenvalue weighted by atomic mass is 9.76. The van der Waals surface area contributed by atoms with Gasteiger partial charge in [0.25, 0.3) is 0 Å². The Hall–Kier alpha value is -1.13. The molecule has 19 N–H and O–H groups in total. The third-order valence-corrected chi connectivity index (χ3v) is 12.2. The zero-order valence-corrected chi connectivity index (χ0v) is 31.0. The third-order valence-electron chi connectivity index (χ3n) is 12.2. The van der Waals surface area contributed by atoms with Crippen LogP contribution in [0, 0.1) is 5.92 Å². The van der Waals surface area contributed by atoms with E-state index in [1.165, 1.54) is 0 Å². The van der Waals surface area contributed by atoms with Crippen LogP contribution < -0.4 is 39.3 Å². The van der Waals surface area contributed by atoms with Crippen molar-refractivity contribution in [2.75, 3.05) is 39.3 Å². The summed E-state index contributed by atoms with van der Waals surface area (Å²) < 4.78 is 36.4. The van der Waals surface area contributed by atoms with Crippen LogP contribution in [0.3, 0.4) is 0 Å². The maximum absolute atomic E-state index is 13.1. The number of aliphatic hydroxyl groups excluding tert-OH is 5. The van der Waals surface area contributed by atoms with Crippen molar-refractivity contribution in [3.63, 3.8) is 0 Å². The van der Waals surface area contributed by atoms with Crippen LogP contribution in [0.2, 0.25) is 0 Å². The van der Waals surface area contributed by atoms with Crippen LogP contribution in [-0.4, -0.2) is 196 Å². The van der Waals surface area contributed by atoms with Crippen LogP contribution in [0.1, 0.15) is 44.9 Å². The zero-order chi connectivity index (χ0) is 39.8. The van der Waals surface area contributed by atoms with Crippen molar-refractivity contribution in [1.29, 1.82) is 0 Å². The lowest BCUT2D eigenvalue weighted by molar-refractivity contribution is -0.292. The van der Waals surface area contributed by atoms with Crippen molar-refractivity contribution in [1.82, 2.24) is 10.6 Å². The van der Waals surface area contributed by atoms with Crippen molar-refractivity contribution in [3.05, 3.63) is 0 Å². The van der Waals surface area contributed by atoms with Gasteiger partial charge in [0.2, 0.25) is 0 Å². The predicted octanol–water partition coefficient (Wildman–Crippen LogP) is -7.38. The highest BCUT2D eigenvalue weighted by atomic mass is 16.8. The summed E-state index contributed by atoms with van der Waals surface area (Å²) >= 11 is 0. The van der Waals surface area contributed by atoms with E-state index in [4.69, 9.17) is 57.1 Å². The number of nitrogens with one attached hydrogen (secondary N) is 2. The number of nitrogens with two attached hydrogens (primary N) is 5. The first-order chi connectivity index (χ1) is 26.1. The number of aliphatic hydroxyl groups is 7. The highest BCUT2D eigenvalue weighted by molar-refractivity contribution is 5.91. The molecule has 2 saturated carbocycles. The van der Waals surface area contributed by atoms with E-state index in [9.17, 15) is 40.5 Å². The molecule has 0 aromatic rings. The summed E-state index contributed by atoms with van der Waals surface area (Å²) in [5.41, 5.74) is 28.2. The Bertz CT molecular complexity index is 1270. The maximum Gasteiger partial charge on any atom is 0.187 e. The van der Waals surface area contributed by atoms with Gasteiger partial charge in [-0.15, -0.1) is 0 Å². The molecule has 19 atom stereocenters. The first-order valence-corrected chi connectivity index (χ1v) is 19.5. The lowest BCUT2D eigenvalue weighted by Gasteiger charge is -2.46. The van der Waals surface area contributed by atoms with Gasteiger partial charge in [-0.2, -0.15) is 0 Å². The summed E-state index contributed by atoms with van der Waals surface area (Å²) in [4.78, 5) is 13.1. The van der Waals surface area contributed by atoms with Crippen molar-refractivity contribution in [3.8, 4) is 0 Å². The van der Waals surface area contributed by atoms with E-state index in [2.05, 4.69) is 10.6 Å². The molecule has 6 aliphatic rings. The number of hydrogen-bond donors (Lipinski definition) is 14. The van der Waals surface area contributed by atoms with E-state index in [1.807, 2.05) is 0 Å². The molecule has 0 radical (unpaired) electrons. The van der Waals surface area contributed by atoms with Crippen molar-refractivity contribution >= 4 is 5.78 Å². The van der Waals surface area contributed by atoms with Crippen molar-refractivity contribution < 1.29 is 69.0 Å². The fourth-order valence-corrected chi connectivity index (χ4v) is 8.44. The van der Waals surface area contributed by atoms with E-state index in [0.717, 1.165) is 13.1 Å². The second-order valence-corrected chi connectivity index (χ2v) is 16.3. The number of piperidine rings is 1. The number of Topliss-reactive ketones (excluding diaryl/α,β-unsaturated/α-hetero) is 1. The molecule has 0 amide bonds. The number of ether oxygens (including phenoxy) is 6. The fraction of sp³-hybridized carbons (Fsp3) is 0.971. The Morgan fingerprint density at radius 1 is 0.800 bits per heavy atom. The summed E-state index contributed by atoms with van der Waals surface area (Å²) in [6.45, 7) is 1.43. The molecule has 4 aliphatic heterocycles. The van der Waals surface area contributed by atoms with Crippen LogP contribution >= 0.6 is 0 Å². The lowest BCUT2D eigenvalue weighted by Crippen LogP contribution is -2.64. The van der Waals surface area contributed by atoms with Crippen LogP contribution in [0.15, 0.2) is 0 Å². The molecule has 2 unspecified atom stereocenters. The van der Waals surface area contributed by atoms with Crippen LogP contribution in [0.4, 0.5) is 0 Å².